The Morgan fingerprint density at radius 3 is 2.50 bits per heavy atom. The van der Waals surface area contributed by atoms with Crippen LogP contribution in [-0.2, 0) is 17.4 Å². The topological polar surface area (TPSA) is 72.7 Å². The first-order chi connectivity index (χ1) is 14.1. The van der Waals surface area contributed by atoms with E-state index in [0.717, 1.165) is 40.8 Å². The Hall–Kier alpha value is -2.88. The van der Waals surface area contributed by atoms with E-state index >= 15 is 0 Å². The van der Waals surface area contributed by atoms with Crippen LogP contribution in [0.5, 0.6) is 0 Å². The molecule has 2 heterocycles. The Kier molecular flexibility index (Phi) is 6.45. The molecule has 1 amide bonds. The minimum Gasteiger partial charge on any atom is -0.356 e. The van der Waals surface area contributed by atoms with E-state index < -0.39 is 11.7 Å². The van der Waals surface area contributed by atoms with Gasteiger partial charge in [0, 0.05) is 31.8 Å². The van der Waals surface area contributed by atoms with Crippen molar-refractivity contribution >= 4 is 17.7 Å². The van der Waals surface area contributed by atoms with Gasteiger partial charge in [-0.1, -0.05) is 6.07 Å². The van der Waals surface area contributed by atoms with Gasteiger partial charge in [-0.2, -0.15) is 13.2 Å². The van der Waals surface area contributed by atoms with Crippen LogP contribution in [0.3, 0.4) is 0 Å². The number of rotatable bonds is 6. The van der Waals surface area contributed by atoms with E-state index in [-0.39, 0.29) is 5.91 Å². The monoisotopic (exact) mass is 435 g/mol. The van der Waals surface area contributed by atoms with Crippen LogP contribution in [0.15, 0.2) is 46.7 Å². The van der Waals surface area contributed by atoms with E-state index in [1.54, 1.807) is 0 Å². The summed E-state index contributed by atoms with van der Waals surface area (Å²) in [5.74, 6) is 0.484. The number of amides is 1. The summed E-state index contributed by atoms with van der Waals surface area (Å²) in [7, 11) is 0. The molecule has 0 bridgehead atoms. The summed E-state index contributed by atoms with van der Waals surface area (Å²) in [4.78, 5) is 15.1. The molecule has 0 spiro atoms. The number of hydrogen-bond acceptors (Lipinski definition) is 5. The number of aryl methyl sites for hydroxylation is 2. The van der Waals surface area contributed by atoms with Gasteiger partial charge < -0.3 is 5.32 Å². The fourth-order valence-corrected chi connectivity index (χ4v) is 3.52. The molecule has 158 valence electrons. The van der Waals surface area contributed by atoms with Crippen LogP contribution in [0.2, 0.25) is 0 Å². The molecule has 3 rings (SSSR count). The smallest absolute Gasteiger partial charge is 0.356 e. The Balaban J connectivity index is 1.94. The van der Waals surface area contributed by atoms with Crippen molar-refractivity contribution < 1.29 is 18.0 Å². The zero-order valence-electron chi connectivity index (χ0n) is 16.6. The highest BCUT2D eigenvalue weighted by atomic mass is 32.2. The van der Waals surface area contributed by atoms with E-state index in [1.807, 2.05) is 36.6 Å². The number of carbonyl (C=O) groups excluding carboxylic acids is 1. The number of carbonyl (C=O) groups is 1. The molecular weight excluding hydrogens is 415 g/mol. The standard InChI is InChI=1S/C20H20F3N5OS/c1-12-4-6-16(10-13(12)2)28-17(8-9-24-14(3)29)26-27-19(28)30-18-7-5-15(11-25-18)20(21,22)23/h4-7,10-11H,8-9H2,1-3H3,(H,24,29). The van der Waals surface area contributed by atoms with Crippen molar-refractivity contribution in [1.29, 1.82) is 0 Å². The molecule has 0 atom stereocenters. The minimum atomic E-state index is -4.44. The molecule has 1 aromatic carbocycles. The minimum absolute atomic E-state index is 0.143. The summed E-state index contributed by atoms with van der Waals surface area (Å²) < 4.78 is 40.2. The van der Waals surface area contributed by atoms with Crippen molar-refractivity contribution in [2.24, 2.45) is 0 Å². The molecule has 0 fully saturated rings. The van der Waals surface area contributed by atoms with Gasteiger partial charge in [0.2, 0.25) is 11.1 Å². The van der Waals surface area contributed by atoms with E-state index in [0.29, 0.717) is 29.0 Å². The van der Waals surface area contributed by atoms with Gasteiger partial charge in [0.05, 0.1) is 5.56 Å². The van der Waals surface area contributed by atoms with Crippen LogP contribution in [0.4, 0.5) is 13.2 Å². The Labute approximate surface area is 175 Å². The third-order valence-electron chi connectivity index (χ3n) is 4.43. The first-order valence-corrected chi connectivity index (χ1v) is 9.94. The SMILES string of the molecule is CC(=O)NCCc1nnc(Sc2ccc(C(F)(F)F)cn2)n1-c1ccc(C)c(C)c1. The first-order valence-electron chi connectivity index (χ1n) is 9.12. The third-order valence-corrected chi connectivity index (χ3v) is 5.33. The molecule has 1 N–H and O–H groups in total. The normalized spacial score (nSPS) is 11.5. The van der Waals surface area contributed by atoms with Crippen LogP contribution in [-0.4, -0.2) is 32.2 Å². The Morgan fingerprint density at radius 2 is 1.90 bits per heavy atom. The summed E-state index contributed by atoms with van der Waals surface area (Å²) in [5, 5.41) is 12.0. The van der Waals surface area contributed by atoms with Crippen LogP contribution in [0.25, 0.3) is 5.69 Å². The lowest BCUT2D eigenvalue weighted by Crippen LogP contribution is -2.23. The highest BCUT2D eigenvalue weighted by Gasteiger charge is 2.30. The molecule has 0 aliphatic carbocycles. The average Bonchev–Trinajstić information content (AvgIpc) is 3.06. The molecule has 6 nitrogen and oxygen atoms in total. The van der Waals surface area contributed by atoms with Crippen molar-refractivity contribution in [3.63, 3.8) is 0 Å². The fourth-order valence-electron chi connectivity index (χ4n) is 2.70. The number of halogens is 3. The van der Waals surface area contributed by atoms with Gasteiger partial charge in [0.15, 0.2) is 0 Å². The molecule has 0 saturated carbocycles. The Bertz CT molecular complexity index is 1050. The van der Waals surface area contributed by atoms with E-state index in [9.17, 15) is 18.0 Å². The number of hydrogen-bond donors (Lipinski definition) is 1. The van der Waals surface area contributed by atoms with E-state index in [1.165, 1.54) is 13.0 Å². The van der Waals surface area contributed by atoms with Crippen LogP contribution < -0.4 is 5.32 Å². The molecule has 2 aromatic heterocycles. The summed E-state index contributed by atoms with van der Waals surface area (Å²) >= 11 is 1.12. The number of pyridine rings is 1. The lowest BCUT2D eigenvalue weighted by molar-refractivity contribution is -0.137. The first kappa shape index (κ1) is 21.8. The maximum Gasteiger partial charge on any atom is 0.417 e. The van der Waals surface area contributed by atoms with Crippen molar-refractivity contribution in [2.75, 3.05) is 6.54 Å². The second-order valence-electron chi connectivity index (χ2n) is 6.72. The molecule has 0 radical (unpaired) electrons. The number of nitrogens with zero attached hydrogens (tertiary/aromatic N) is 4. The van der Waals surface area contributed by atoms with Crippen molar-refractivity contribution in [1.82, 2.24) is 25.1 Å². The second-order valence-corrected chi connectivity index (χ2v) is 7.71. The van der Waals surface area contributed by atoms with E-state index in [4.69, 9.17) is 0 Å². The average molecular weight is 435 g/mol. The predicted octanol–water partition coefficient (Wildman–Crippen LogP) is 4.13. The molecule has 30 heavy (non-hydrogen) atoms. The van der Waals surface area contributed by atoms with Gasteiger partial charge in [-0.25, -0.2) is 4.98 Å². The molecule has 0 aliphatic heterocycles. The van der Waals surface area contributed by atoms with Gasteiger partial charge in [-0.15, -0.1) is 10.2 Å². The maximum atomic E-state index is 12.8. The lowest BCUT2D eigenvalue weighted by Gasteiger charge is -2.12. The van der Waals surface area contributed by atoms with Gasteiger partial charge in [-0.05, 0) is 61.0 Å². The van der Waals surface area contributed by atoms with Gasteiger partial charge in [0.25, 0.3) is 0 Å². The number of nitrogens with one attached hydrogen (secondary N) is 1. The fraction of sp³-hybridized carbons (Fsp3) is 0.300. The third kappa shape index (κ3) is 5.18. The molecule has 0 aliphatic rings. The summed E-state index contributed by atoms with van der Waals surface area (Å²) in [6.07, 6.45) is -3.19. The summed E-state index contributed by atoms with van der Waals surface area (Å²) in [6.45, 7) is 5.82. The predicted molar refractivity (Wildman–Crippen MR) is 107 cm³/mol. The number of aromatic nitrogens is 4. The molecule has 0 saturated heterocycles. The molecule has 10 heteroatoms. The largest absolute Gasteiger partial charge is 0.417 e. The Morgan fingerprint density at radius 1 is 1.13 bits per heavy atom. The van der Waals surface area contributed by atoms with Gasteiger partial charge in [-0.3, -0.25) is 9.36 Å². The highest BCUT2D eigenvalue weighted by Crippen LogP contribution is 2.32. The number of benzene rings is 1. The van der Waals surface area contributed by atoms with Gasteiger partial charge in [0.1, 0.15) is 10.9 Å². The second kappa shape index (κ2) is 8.86. The van der Waals surface area contributed by atoms with Gasteiger partial charge >= 0.3 is 6.18 Å². The lowest BCUT2D eigenvalue weighted by atomic mass is 10.1. The molecule has 0 unspecified atom stereocenters. The van der Waals surface area contributed by atoms with Crippen LogP contribution in [0, 0.1) is 13.8 Å². The van der Waals surface area contributed by atoms with Crippen molar-refractivity contribution in [3.8, 4) is 5.69 Å². The number of alkyl halides is 3. The molecule has 3 aromatic rings. The zero-order chi connectivity index (χ0) is 21.9. The quantitative estimate of drug-likeness (QED) is 0.630. The van der Waals surface area contributed by atoms with E-state index in [2.05, 4.69) is 20.5 Å². The highest BCUT2D eigenvalue weighted by molar-refractivity contribution is 7.99. The van der Waals surface area contributed by atoms with Crippen LogP contribution in [0.1, 0.15) is 29.4 Å². The maximum absolute atomic E-state index is 12.8. The summed E-state index contributed by atoms with van der Waals surface area (Å²) in [5.41, 5.74) is 2.23. The summed E-state index contributed by atoms with van der Waals surface area (Å²) in [6, 6.07) is 8.20. The van der Waals surface area contributed by atoms with Crippen molar-refractivity contribution in [2.45, 2.75) is 43.6 Å². The van der Waals surface area contributed by atoms with Crippen LogP contribution >= 0.6 is 11.8 Å². The zero-order valence-corrected chi connectivity index (χ0v) is 17.4. The molecular formula is C20H20F3N5OS. The van der Waals surface area contributed by atoms with Crippen molar-refractivity contribution in [3.05, 3.63) is 59.0 Å².